The third-order valence-electron chi connectivity index (χ3n) is 4.46. The van der Waals surface area contributed by atoms with Gasteiger partial charge in [-0.2, -0.15) is 0 Å². The molecule has 0 radical (unpaired) electrons. The second-order valence-corrected chi connectivity index (χ2v) is 6.46. The summed E-state index contributed by atoms with van der Waals surface area (Å²) in [6, 6.07) is 10.7. The highest BCUT2D eigenvalue weighted by Crippen LogP contribution is 2.30. The molecule has 2 aromatic carbocycles. The molecule has 2 aromatic rings. The first-order valence-corrected chi connectivity index (χ1v) is 9.18. The fraction of sp³-hybridized carbons (Fsp3) is 0.227. The van der Waals surface area contributed by atoms with E-state index < -0.39 is 23.9 Å². The highest BCUT2D eigenvalue weighted by Gasteiger charge is 2.37. The van der Waals surface area contributed by atoms with Crippen molar-refractivity contribution in [2.24, 2.45) is 0 Å². The van der Waals surface area contributed by atoms with Crippen LogP contribution in [0.15, 0.2) is 55.1 Å². The van der Waals surface area contributed by atoms with Crippen LogP contribution in [0.4, 0.5) is 5.69 Å². The van der Waals surface area contributed by atoms with Crippen LogP contribution in [0.1, 0.15) is 44.4 Å². The summed E-state index contributed by atoms with van der Waals surface area (Å²) in [5.74, 6) is -1.06. The summed E-state index contributed by atoms with van der Waals surface area (Å²) in [6.45, 7) is 5.56. The minimum Gasteiger partial charge on any atom is -0.490 e. The van der Waals surface area contributed by atoms with Gasteiger partial charge in [-0.25, -0.2) is 9.69 Å². The van der Waals surface area contributed by atoms with Gasteiger partial charge in [0, 0.05) is 0 Å². The van der Waals surface area contributed by atoms with Crippen LogP contribution < -0.4 is 9.64 Å². The molecular weight excluding hydrogens is 374 g/mol. The van der Waals surface area contributed by atoms with Gasteiger partial charge in [-0.1, -0.05) is 19.6 Å². The second kappa shape index (κ2) is 8.70. The lowest BCUT2D eigenvalue weighted by molar-refractivity contribution is 0.0250. The molecule has 0 saturated carbocycles. The number of hydrogen-bond acceptors (Lipinski definition) is 6. The Hall–Kier alpha value is -3.45. The topological polar surface area (TPSA) is 93.1 Å². The number of carbonyl (C=O) groups is 3. The number of aliphatic hydroxyl groups is 1. The molecule has 1 heterocycles. The third-order valence-corrected chi connectivity index (χ3v) is 4.46. The molecule has 0 bridgehead atoms. The molecule has 2 amide bonds. The van der Waals surface area contributed by atoms with E-state index in [2.05, 4.69) is 6.58 Å². The number of aliphatic hydroxyl groups excluding tert-OH is 1. The van der Waals surface area contributed by atoms with Gasteiger partial charge in [0.25, 0.3) is 11.8 Å². The Balaban J connectivity index is 1.80. The van der Waals surface area contributed by atoms with Crippen LogP contribution >= 0.6 is 0 Å². The SMILES string of the molecule is C=CCOc1ccc(N2C(=O)c3ccc(C(=O)OCC(O)CC)cc3C2=O)cc1. The number of anilines is 1. The zero-order valence-corrected chi connectivity index (χ0v) is 16.0. The van der Waals surface area contributed by atoms with Crippen LogP contribution in [0.3, 0.4) is 0 Å². The Morgan fingerprint density at radius 1 is 1.14 bits per heavy atom. The van der Waals surface area contributed by atoms with Crippen molar-refractivity contribution in [2.75, 3.05) is 18.1 Å². The first kappa shape index (κ1) is 20.3. The van der Waals surface area contributed by atoms with E-state index in [9.17, 15) is 19.5 Å². The number of nitrogens with zero attached hydrogens (tertiary/aromatic N) is 1. The lowest BCUT2D eigenvalue weighted by atomic mass is 10.1. The van der Waals surface area contributed by atoms with Gasteiger partial charge in [0.1, 0.15) is 19.0 Å². The minimum absolute atomic E-state index is 0.132. The van der Waals surface area contributed by atoms with Crippen LogP contribution in [0, 0.1) is 0 Å². The summed E-state index contributed by atoms with van der Waals surface area (Å²) in [5.41, 5.74) is 0.889. The molecule has 0 saturated heterocycles. The third kappa shape index (κ3) is 4.20. The largest absolute Gasteiger partial charge is 0.490 e. The maximum atomic E-state index is 12.8. The predicted octanol–water partition coefficient (Wildman–Crippen LogP) is 2.98. The lowest BCUT2D eigenvalue weighted by Crippen LogP contribution is -2.29. The summed E-state index contributed by atoms with van der Waals surface area (Å²) >= 11 is 0. The fourth-order valence-electron chi connectivity index (χ4n) is 2.82. The smallest absolute Gasteiger partial charge is 0.338 e. The van der Waals surface area contributed by atoms with E-state index in [1.165, 1.54) is 18.2 Å². The van der Waals surface area contributed by atoms with Crippen molar-refractivity contribution in [3.63, 3.8) is 0 Å². The summed E-state index contributed by atoms with van der Waals surface area (Å²) < 4.78 is 10.4. The first-order chi connectivity index (χ1) is 14.0. The van der Waals surface area contributed by atoms with Gasteiger partial charge in [-0.3, -0.25) is 9.59 Å². The van der Waals surface area contributed by atoms with Gasteiger partial charge in [0.15, 0.2) is 0 Å². The van der Waals surface area contributed by atoms with Gasteiger partial charge in [0.05, 0.1) is 28.5 Å². The number of hydrogen-bond donors (Lipinski definition) is 1. The van der Waals surface area contributed by atoms with Gasteiger partial charge in [0.2, 0.25) is 0 Å². The van der Waals surface area contributed by atoms with E-state index in [1.807, 2.05) is 0 Å². The number of rotatable bonds is 8. The number of benzene rings is 2. The van der Waals surface area contributed by atoms with E-state index in [0.29, 0.717) is 24.5 Å². The van der Waals surface area contributed by atoms with E-state index in [1.54, 1.807) is 37.3 Å². The predicted molar refractivity (Wildman–Crippen MR) is 106 cm³/mol. The molecule has 7 heteroatoms. The summed E-state index contributed by atoms with van der Waals surface area (Å²) in [5, 5.41) is 9.52. The molecule has 1 N–H and O–H groups in total. The summed E-state index contributed by atoms with van der Waals surface area (Å²) in [6.07, 6.45) is 1.33. The van der Waals surface area contributed by atoms with E-state index in [-0.39, 0.29) is 23.3 Å². The molecule has 0 aliphatic carbocycles. The van der Waals surface area contributed by atoms with Crippen LogP contribution in [0.2, 0.25) is 0 Å². The van der Waals surface area contributed by atoms with Gasteiger partial charge in [-0.05, 0) is 48.9 Å². The Kier molecular flexibility index (Phi) is 6.09. The molecule has 29 heavy (non-hydrogen) atoms. The van der Waals surface area contributed by atoms with Gasteiger partial charge < -0.3 is 14.6 Å². The molecule has 1 unspecified atom stereocenters. The van der Waals surface area contributed by atoms with Crippen molar-refractivity contribution in [2.45, 2.75) is 19.4 Å². The molecule has 1 aliphatic rings. The Morgan fingerprint density at radius 2 is 1.83 bits per heavy atom. The van der Waals surface area contributed by atoms with Crippen molar-refractivity contribution in [3.05, 3.63) is 71.8 Å². The molecular formula is C22H21NO6. The van der Waals surface area contributed by atoms with E-state index in [0.717, 1.165) is 4.90 Å². The van der Waals surface area contributed by atoms with Gasteiger partial charge in [-0.15, -0.1) is 0 Å². The van der Waals surface area contributed by atoms with E-state index in [4.69, 9.17) is 9.47 Å². The summed E-state index contributed by atoms with van der Waals surface area (Å²) in [7, 11) is 0. The fourth-order valence-corrected chi connectivity index (χ4v) is 2.82. The number of amides is 2. The van der Waals surface area contributed by atoms with Crippen LogP contribution in [-0.4, -0.2) is 42.2 Å². The molecule has 3 rings (SSSR count). The van der Waals surface area contributed by atoms with Crippen LogP contribution in [-0.2, 0) is 4.74 Å². The lowest BCUT2D eigenvalue weighted by Gasteiger charge is -2.14. The minimum atomic E-state index is -0.745. The van der Waals surface area contributed by atoms with Crippen LogP contribution in [0.25, 0.3) is 0 Å². The number of imide groups is 1. The van der Waals surface area contributed by atoms with Crippen molar-refractivity contribution < 1.29 is 29.0 Å². The van der Waals surface area contributed by atoms with Crippen molar-refractivity contribution in [3.8, 4) is 5.75 Å². The zero-order chi connectivity index (χ0) is 21.0. The maximum absolute atomic E-state index is 12.8. The number of ether oxygens (including phenoxy) is 2. The van der Waals surface area contributed by atoms with Crippen LogP contribution in [0.5, 0.6) is 5.75 Å². The normalized spacial score (nSPS) is 13.8. The standard InChI is InChI=1S/C22H21NO6/c1-3-11-28-17-8-6-15(7-9-17)23-20(25)18-10-5-14(12-19(18)21(23)26)22(27)29-13-16(24)4-2/h3,5-10,12,16,24H,1,4,11,13H2,2H3. The molecule has 0 fully saturated rings. The average molecular weight is 395 g/mol. The Bertz CT molecular complexity index is 950. The maximum Gasteiger partial charge on any atom is 0.338 e. The van der Waals surface area contributed by atoms with Crippen molar-refractivity contribution in [1.82, 2.24) is 0 Å². The van der Waals surface area contributed by atoms with E-state index >= 15 is 0 Å². The molecule has 1 atom stereocenters. The highest BCUT2D eigenvalue weighted by molar-refractivity contribution is 6.34. The van der Waals surface area contributed by atoms with Crippen molar-refractivity contribution >= 4 is 23.5 Å². The number of carbonyl (C=O) groups excluding carboxylic acids is 3. The first-order valence-electron chi connectivity index (χ1n) is 9.18. The Labute approximate surface area is 168 Å². The zero-order valence-electron chi connectivity index (χ0n) is 16.0. The van der Waals surface area contributed by atoms with Gasteiger partial charge >= 0.3 is 5.97 Å². The molecule has 150 valence electrons. The average Bonchev–Trinajstić information content (AvgIpc) is 3.00. The quantitative estimate of drug-likeness (QED) is 0.420. The van der Waals surface area contributed by atoms with Crippen molar-refractivity contribution in [1.29, 1.82) is 0 Å². The second-order valence-electron chi connectivity index (χ2n) is 6.46. The monoisotopic (exact) mass is 395 g/mol. The number of esters is 1. The number of fused-ring (bicyclic) bond motifs is 1. The molecule has 1 aliphatic heterocycles. The Morgan fingerprint density at radius 3 is 2.48 bits per heavy atom. The molecule has 7 nitrogen and oxygen atoms in total. The molecule has 0 aromatic heterocycles. The summed E-state index contributed by atoms with van der Waals surface area (Å²) in [4.78, 5) is 38.7. The molecule has 0 spiro atoms. The highest BCUT2D eigenvalue weighted by atomic mass is 16.5.